The zero-order chi connectivity index (χ0) is 6.41. The van der Waals surface area contributed by atoms with Crippen LogP contribution >= 0.6 is 22.6 Å². The van der Waals surface area contributed by atoms with E-state index in [0.29, 0.717) is 4.43 Å². The van der Waals surface area contributed by atoms with Crippen molar-refractivity contribution in [3.05, 3.63) is 0 Å². The van der Waals surface area contributed by atoms with Gasteiger partial charge in [-0.1, -0.05) is 28.5 Å². The highest BCUT2D eigenvalue weighted by atomic mass is 127. The van der Waals surface area contributed by atoms with Crippen molar-refractivity contribution in [1.82, 2.24) is 0 Å². The molecule has 0 atom stereocenters. The van der Waals surface area contributed by atoms with Crippen LogP contribution in [0.25, 0.3) is 0 Å². The molecule has 0 amide bonds. The predicted octanol–water partition coefficient (Wildman–Crippen LogP) is 0.598. The molecule has 0 heterocycles. The van der Waals surface area contributed by atoms with Gasteiger partial charge in [-0.05, 0) is 0 Å². The van der Waals surface area contributed by atoms with E-state index in [4.69, 9.17) is 0 Å². The molecule has 0 aromatic rings. The van der Waals surface area contributed by atoms with E-state index < -0.39 is 5.97 Å². The molecular formula is C5H5IO2. The van der Waals surface area contributed by atoms with Crippen LogP contribution in [-0.2, 0) is 9.53 Å². The summed E-state index contributed by atoms with van der Waals surface area (Å²) in [6.45, 7) is 0. The molecule has 44 valence electrons. The second-order valence-corrected chi connectivity index (χ2v) is 1.69. The first-order valence-electron chi connectivity index (χ1n) is 1.94. The van der Waals surface area contributed by atoms with E-state index in [2.05, 4.69) is 39.2 Å². The third-order valence-electron chi connectivity index (χ3n) is 0.443. The second-order valence-electron chi connectivity index (χ2n) is 0.927. The first-order chi connectivity index (χ1) is 3.81. The van der Waals surface area contributed by atoms with Gasteiger partial charge in [0.25, 0.3) is 0 Å². The lowest BCUT2D eigenvalue weighted by Crippen LogP contribution is -1.93. The Morgan fingerprint density at radius 2 is 2.50 bits per heavy atom. The zero-order valence-electron chi connectivity index (χ0n) is 4.40. The van der Waals surface area contributed by atoms with E-state index in [0.717, 1.165) is 0 Å². The van der Waals surface area contributed by atoms with Crippen molar-refractivity contribution >= 4 is 28.6 Å². The number of methoxy groups -OCH3 is 1. The summed E-state index contributed by atoms with van der Waals surface area (Å²) in [5.74, 6) is 4.35. The van der Waals surface area contributed by atoms with Crippen LogP contribution in [0.1, 0.15) is 0 Å². The quantitative estimate of drug-likeness (QED) is 0.198. The molecule has 0 aliphatic heterocycles. The van der Waals surface area contributed by atoms with Crippen LogP contribution in [0.5, 0.6) is 0 Å². The summed E-state index contributed by atoms with van der Waals surface area (Å²) in [7, 11) is 1.31. The molecule has 0 unspecified atom stereocenters. The molecule has 0 aromatic heterocycles. The van der Waals surface area contributed by atoms with Crippen LogP contribution in [0.2, 0.25) is 0 Å². The lowest BCUT2D eigenvalue weighted by molar-refractivity contribution is -0.133. The molecule has 0 aliphatic carbocycles. The SMILES string of the molecule is COC(=O)C#CCI. The van der Waals surface area contributed by atoms with Crippen LogP contribution in [0.3, 0.4) is 0 Å². The van der Waals surface area contributed by atoms with Gasteiger partial charge in [-0.25, -0.2) is 4.79 Å². The van der Waals surface area contributed by atoms with Crippen LogP contribution in [0, 0.1) is 11.8 Å². The monoisotopic (exact) mass is 224 g/mol. The molecule has 0 aliphatic rings. The third-order valence-corrected chi connectivity index (χ3v) is 0.824. The minimum Gasteiger partial charge on any atom is -0.459 e. The summed E-state index contributed by atoms with van der Waals surface area (Å²) in [5.41, 5.74) is 0. The van der Waals surface area contributed by atoms with E-state index in [-0.39, 0.29) is 0 Å². The summed E-state index contributed by atoms with van der Waals surface area (Å²) in [6.07, 6.45) is 0. The Bertz CT molecular complexity index is 131. The molecule has 0 saturated carbocycles. The topological polar surface area (TPSA) is 26.3 Å². The highest BCUT2D eigenvalue weighted by Gasteiger charge is 1.85. The maximum Gasteiger partial charge on any atom is 0.384 e. The second kappa shape index (κ2) is 4.91. The van der Waals surface area contributed by atoms with E-state index in [9.17, 15) is 4.79 Å². The molecule has 0 rings (SSSR count). The van der Waals surface area contributed by atoms with E-state index in [1.165, 1.54) is 7.11 Å². The average Bonchev–Trinajstić information content (AvgIpc) is 1.83. The summed E-state index contributed by atoms with van der Waals surface area (Å²) in [6, 6.07) is 0. The Hall–Kier alpha value is -0.240. The van der Waals surface area contributed by atoms with Gasteiger partial charge in [-0.2, -0.15) is 0 Å². The molecule has 0 bridgehead atoms. The number of hydrogen-bond donors (Lipinski definition) is 0. The highest BCUT2D eigenvalue weighted by molar-refractivity contribution is 14.1. The van der Waals surface area contributed by atoms with Crippen LogP contribution in [0.15, 0.2) is 0 Å². The lowest BCUT2D eigenvalue weighted by Gasteiger charge is -1.81. The maximum atomic E-state index is 10.2. The standard InChI is InChI=1S/C5H5IO2/c1-8-5(7)3-2-4-6/h4H2,1H3. The van der Waals surface area contributed by atoms with Gasteiger partial charge in [0.2, 0.25) is 0 Å². The first-order valence-corrected chi connectivity index (χ1v) is 3.46. The first kappa shape index (κ1) is 7.76. The van der Waals surface area contributed by atoms with Crippen LogP contribution in [-0.4, -0.2) is 17.5 Å². The van der Waals surface area contributed by atoms with Gasteiger partial charge in [-0.3, -0.25) is 0 Å². The number of ether oxygens (including phenoxy) is 1. The van der Waals surface area contributed by atoms with E-state index >= 15 is 0 Å². The fraction of sp³-hybridized carbons (Fsp3) is 0.400. The Morgan fingerprint density at radius 1 is 1.88 bits per heavy atom. The average molecular weight is 224 g/mol. The van der Waals surface area contributed by atoms with Gasteiger partial charge in [-0.15, -0.1) is 0 Å². The smallest absolute Gasteiger partial charge is 0.384 e. The summed E-state index contributed by atoms with van der Waals surface area (Å²) >= 11 is 2.06. The predicted molar refractivity (Wildman–Crippen MR) is 38.7 cm³/mol. The number of carbonyl (C=O) groups excluding carboxylic acids is 1. The van der Waals surface area contributed by atoms with Crippen LogP contribution in [0.4, 0.5) is 0 Å². The Morgan fingerprint density at radius 3 is 2.88 bits per heavy atom. The molecule has 8 heavy (non-hydrogen) atoms. The minimum atomic E-state index is -0.471. The van der Waals surface area contributed by atoms with E-state index in [1.54, 1.807) is 0 Å². The minimum absolute atomic E-state index is 0.471. The van der Waals surface area contributed by atoms with Crippen molar-refractivity contribution in [2.75, 3.05) is 11.5 Å². The fourth-order valence-corrected chi connectivity index (χ4v) is 0.347. The molecule has 0 spiro atoms. The largest absolute Gasteiger partial charge is 0.459 e. The number of carbonyl (C=O) groups is 1. The highest BCUT2D eigenvalue weighted by Crippen LogP contribution is 1.75. The normalized spacial score (nSPS) is 6.75. The number of esters is 1. The number of alkyl halides is 1. The Balaban J connectivity index is 3.52. The fourth-order valence-electron chi connectivity index (χ4n) is 0.157. The molecule has 0 fully saturated rings. The molecule has 2 nitrogen and oxygen atoms in total. The molecule has 0 N–H and O–H groups in total. The van der Waals surface area contributed by atoms with Crippen molar-refractivity contribution in [2.24, 2.45) is 0 Å². The van der Waals surface area contributed by atoms with Gasteiger partial charge >= 0.3 is 5.97 Å². The van der Waals surface area contributed by atoms with Gasteiger partial charge in [0.1, 0.15) is 0 Å². The molecule has 0 radical (unpaired) electrons. The van der Waals surface area contributed by atoms with Crippen molar-refractivity contribution in [1.29, 1.82) is 0 Å². The summed E-state index contributed by atoms with van der Waals surface area (Å²) < 4.78 is 4.90. The van der Waals surface area contributed by atoms with Gasteiger partial charge in [0.15, 0.2) is 0 Å². The maximum absolute atomic E-state index is 10.2. The number of rotatable bonds is 0. The molecule has 3 heteroatoms. The third kappa shape index (κ3) is 3.93. The lowest BCUT2D eigenvalue weighted by atomic mass is 10.6. The van der Waals surface area contributed by atoms with Crippen molar-refractivity contribution in [2.45, 2.75) is 0 Å². The molecular weight excluding hydrogens is 219 g/mol. The summed E-state index contributed by atoms with van der Waals surface area (Å²) in [4.78, 5) is 10.2. The van der Waals surface area contributed by atoms with Crippen molar-refractivity contribution in [3.63, 3.8) is 0 Å². The van der Waals surface area contributed by atoms with Crippen molar-refractivity contribution in [3.8, 4) is 11.8 Å². The van der Waals surface area contributed by atoms with E-state index in [1.807, 2.05) is 0 Å². The van der Waals surface area contributed by atoms with Gasteiger partial charge in [0, 0.05) is 5.92 Å². The molecule has 0 aromatic carbocycles. The molecule has 0 saturated heterocycles. The Kier molecular flexibility index (Phi) is 4.76. The summed E-state index contributed by atoms with van der Waals surface area (Å²) in [5, 5.41) is 0. The van der Waals surface area contributed by atoms with Crippen molar-refractivity contribution < 1.29 is 9.53 Å². The van der Waals surface area contributed by atoms with Gasteiger partial charge < -0.3 is 4.74 Å². The number of hydrogen-bond acceptors (Lipinski definition) is 2. The van der Waals surface area contributed by atoms with Crippen LogP contribution < -0.4 is 0 Å². The number of halogens is 1. The zero-order valence-corrected chi connectivity index (χ0v) is 6.56. The van der Waals surface area contributed by atoms with Gasteiger partial charge in [0.05, 0.1) is 11.5 Å². The Labute approximate surface area is 61.7 Å².